The Hall–Kier alpha value is -3.05. The van der Waals surface area contributed by atoms with E-state index in [1.165, 1.54) is 25.6 Å². The Labute approximate surface area is 173 Å². The van der Waals surface area contributed by atoms with Crippen LogP contribution in [0.3, 0.4) is 0 Å². The lowest BCUT2D eigenvalue weighted by Gasteiger charge is -2.11. The predicted molar refractivity (Wildman–Crippen MR) is 109 cm³/mol. The number of fused-ring (bicyclic) bond motifs is 1. The molecule has 0 aliphatic heterocycles. The van der Waals surface area contributed by atoms with Gasteiger partial charge in [-0.1, -0.05) is 6.42 Å². The van der Waals surface area contributed by atoms with Crippen LogP contribution in [0.2, 0.25) is 0 Å². The number of hydrogen-bond acceptors (Lipinski definition) is 7. The summed E-state index contributed by atoms with van der Waals surface area (Å²) in [6, 6.07) is 6.73. The molecule has 3 rings (SSSR count). The van der Waals surface area contributed by atoms with Crippen LogP contribution in [-0.4, -0.2) is 32.7 Å². The van der Waals surface area contributed by atoms with Crippen molar-refractivity contribution >= 4 is 28.2 Å². The van der Waals surface area contributed by atoms with Gasteiger partial charge in [0.15, 0.2) is 18.1 Å². The summed E-state index contributed by atoms with van der Waals surface area (Å²) in [6.45, 7) is -0.258. The number of hydrogen-bond donors (Lipinski definition) is 1. The van der Waals surface area contributed by atoms with E-state index in [-0.39, 0.29) is 6.61 Å². The van der Waals surface area contributed by atoms with Crippen LogP contribution in [0.15, 0.2) is 18.2 Å². The Morgan fingerprint density at radius 1 is 1.17 bits per heavy atom. The van der Waals surface area contributed by atoms with E-state index in [0.717, 1.165) is 42.5 Å². The fourth-order valence-corrected chi connectivity index (χ4v) is 4.60. The molecular formula is C21H22N2O5S. The highest BCUT2D eigenvalue weighted by molar-refractivity contribution is 7.17. The number of thiophene rings is 1. The number of carbonyl (C=O) groups excluding carboxylic acids is 2. The van der Waals surface area contributed by atoms with E-state index in [9.17, 15) is 9.59 Å². The molecule has 1 amide bonds. The van der Waals surface area contributed by atoms with Crippen molar-refractivity contribution < 1.29 is 23.8 Å². The Morgan fingerprint density at radius 3 is 2.69 bits per heavy atom. The first-order chi connectivity index (χ1) is 14.1. The molecule has 1 aromatic carbocycles. The molecule has 8 heteroatoms. The summed E-state index contributed by atoms with van der Waals surface area (Å²) in [7, 11) is 2.81. The molecule has 7 nitrogen and oxygen atoms in total. The number of anilines is 1. The topological polar surface area (TPSA) is 97.6 Å². The van der Waals surface area contributed by atoms with Gasteiger partial charge in [-0.15, -0.1) is 11.3 Å². The van der Waals surface area contributed by atoms with Crippen molar-refractivity contribution in [3.8, 4) is 17.6 Å². The van der Waals surface area contributed by atoms with E-state index in [0.29, 0.717) is 27.6 Å². The third-order valence-electron chi connectivity index (χ3n) is 4.72. The number of nitrogens with zero attached hydrogens (tertiary/aromatic N) is 1. The van der Waals surface area contributed by atoms with Crippen LogP contribution in [-0.2, 0) is 22.4 Å². The third-order valence-corrected chi connectivity index (χ3v) is 5.92. The number of nitriles is 1. The van der Waals surface area contributed by atoms with Gasteiger partial charge in [-0.2, -0.15) is 5.26 Å². The Morgan fingerprint density at radius 2 is 1.97 bits per heavy atom. The second kappa shape index (κ2) is 9.43. The molecule has 0 bridgehead atoms. The summed E-state index contributed by atoms with van der Waals surface area (Å²) < 4.78 is 15.7. The molecule has 1 aliphatic carbocycles. The van der Waals surface area contributed by atoms with E-state index >= 15 is 0 Å². The molecule has 29 heavy (non-hydrogen) atoms. The number of esters is 1. The summed E-state index contributed by atoms with van der Waals surface area (Å²) in [5.74, 6) is -0.0981. The van der Waals surface area contributed by atoms with Crippen LogP contribution < -0.4 is 14.8 Å². The molecule has 0 saturated carbocycles. The Balaban J connectivity index is 1.74. The monoisotopic (exact) mass is 414 g/mol. The Kier molecular flexibility index (Phi) is 6.73. The fourth-order valence-electron chi connectivity index (χ4n) is 3.31. The minimum atomic E-state index is -0.436. The molecule has 2 aromatic rings. The van der Waals surface area contributed by atoms with Gasteiger partial charge in [-0.25, -0.2) is 4.79 Å². The lowest BCUT2D eigenvalue weighted by molar-refractivity contribution is -0.118. The second-order valence-electron chi connectivity index (χ2n) is 6.57. The molecule has 0 radical (unpaired) electrons. The molecule has 0 atom stereocenters. The smallest absolute Gasteiger partial charge is 0.341 e. The SMILES string of the molecule is COC(=O)c1c(NC(=O)COc2ccc(C#N)cc2OC)sc2c1CCCCC2. The molecule has 1 heterocycles. The van der Waals surface area contributed by atoms with Gasteiger partial charge in [-0.3, -0.25) is 4.79 Å². The van der Waals surface area contributed by atoms with Crippen LogP contribution in [0, 0.1) is 11.3 Å². The van der Waals surface area contributed by atoms with E-state index in [1.807, 2.05) is 6.07 Å². The molecule has 1 N–H and O–H groups in total. The van der Waals surface area contributed by atoms with Crippen LogP contribution in [0.1, 0.15) is 45.6 Å². The van der Waals surface area contributed by atoms with Gasteiger partial charge in [0, 0.05) is 10.9 Å². The standard InChI is InChI=1S/C21H22N2O5S/c1-26-16-10-13(11-22)8-9-15(16)28-12-18(24)23-20-19(21(25)27-2)14-6-4-3-5-7-17(14)29-20/h8-10H,3-7,12H2,1-2H3,(H,23,24). The summed E-state index contributed by atoms with van der Waals surface area (Å²) >= 11 is 1.43. The van der Waals surface area contributed by atoms with E-state index < -0.39 is 11.9 Å². The lowest BCUT2D eigenvalue weighted by atomic mass is 10.1. The van der Waals surface area contributed by atoms with Crippen LogP contribution in [0.25, 0.3) is 0 Å². The van der Waals surface area contributed by atoms with Crippen molar-refractivity contribution in [2.75, 3.05) is 26.1 Å². The molecular weight excluding hydrogens is 392 g/mol. The zero-order valence-electron chi connectivity index (χ0n) is 16.4. The van der Waals surface area contributed by atoms with Gasteiger partial charge >= 0.3 is 5.97 Å². The maximum absolute atomic E-state index is 12.5. The van der Waals surface area contributed by atoms with Gasteiger partial charge in [0.25, 0.3) is 5.91 Å². The normalized spacial score (nSPS) is 12.9. The number of aryl methyl sites for hydroxylation is 1. The van der Waals surface area contributed by atoms with Gasteiger partial charge in [0.1, 0.15) is 5.00 Å². The van der Waals surface area contributed by atoms with E-state index in [4.69, 9.17) is 19.5 Å². The first-order valence-electron chi connectivity index (χ1n) is 9.31. The molecule has 0 saturated heterocycles. The van der Waals surface area contributed by atoms with Crippen LogP contribution >= 0.6 is 11.3 Å². The molecule has 152 valence electrons. The maximum Gasteiger partial charge on any atom is 0.341 e. The number of benzene rings is 1. The Bertz CT molecular complexity index is 961. The quantitative estimate of drug-likeness (QED) is 0.572. The van der Waals surface area contributed by atoms with Crippen molar-refractivity contribution in [2.45, 2.75) is 32.1 Å². The number of amides is 1. The van der Waals surface area contributed by atoms with Gasteiger partial charge < -0.3 is 19.5 Å². The second-order valence-corrected chi connectivity index (χ2v) is 7.68. The highest BCUT2D eigenvalue weighted by Crippen LogP contribution is 2.38. The summed E-state index contributed by atoms with van der Waals surface area (Å²) in [6.07, 6.45) is 4.93. The lowest BCUT2D eigenvalue weighted by Crippen LogP contribution is -2.21. The molecule has 0 fully saturated rings. The van der Waals surface area contributed by atoms with Crippen molar-refractivity contribution in [1.82, 2.24) is 0 Å². The van der Waals surface area contributed by atoms with Crippen LogP contribution in [0.5, 0.6) is 11.5 Å². The number of methoxy groups -OCH3 is 2. The molecule has 0 spiro atoms. The molecule has 0 unspecified atom stereocenters. The van der Waals surface area contributed by atoms with Gasteiger partial charge in [0.2, 0.25) is 0 Å². The minimum absolute atomic E-state index is 0.258. The van der Waals surface area contributed by atoms with Crippen molar-refractivity contribution in [1.29, 1.82) is 5.26 Å². The zero-order chi connectivity index (χ0) is 20.8. The fraction of sp³-hybridized carbons (Fsp3) is 0.381. The van der Waals surface area contributed by atoms with Gasteiger partial charge in [0.05, 0.1) is 31.4 Å². The molecule has 1 aromatic heterocycles. The third kappa shape index (κ3) is 4.69. The summed E-state index contributed by atoms with van der Waals surface area (Å²) in [4.78, 5) is 26.0. The minimum Gasteiger partial charge on any atom is -0.493 e. The first-order valence-corrected chi connectivity index (χ1v) is 10.1. The zero-order valence-corrected chi connectivity index (χ0v) is 17.2. The predicted octanol–water partition coefficient (Wildman–Crippen LogP) is 3.70. The average Bonchev–Trinajstić information content (AvgIpc) is 2.91. The number of carbonyl (C=O) groups is 2. The maximum atomic E-state index is 12.5. The highest BCUT2D eigenvalue weighted by atomic mass is 32.1. The average molecular weight is 414 g/mol. The number of ether oxygens (including phenoxy) is 3. The number of nitrogens with one attached hydrogen (secondary N) is 1. The van der Waals surface area contributed by atoms with E-state index in [1.54, 1.807) is 18.2 Å². The van der Waals surface area contributed by atoms with Gasteiger partial charge in [-0.05, 0) is 43.4 Å². The van der Waals surface area contributed by atoms with E-state index in [2.05, 4.69) is 5.32 Å². The highest BCUT2D eigenvalue weighted by Gasteiger charge is 2.26. The summed E-state index contributed by atoms with van der Waals surface area (Å²) in [5.41, 5.74) is 1.88. The largest absolute Gasteiger partial charge is 0.493 e. The summed E-state index contributed by atoms with van der Waals surface area (Å²) in [5, 5.41) is 12.3. The molecule has 1 aliphatic rings. The first kappa shape index (κ1) is 20.7. The van der Waals surface area contributed by atoms with Crippen molar-refractivity contribution in [2.24, 2.45) is 0 Å². The number of rotatable bonds is 6. The van der Waals surface area contributed by atoms with Crippen molar-refractivity contribution in [3.05, 3.63) is 39.8 Å². The van der Waals surface area contributed by atoms with Crippen molar-refractivity contribution in [3.63, 3.8) is 0 Å². The van der Waals surface area contributed by atoms with Crippen LogP contribution in [0.4, 0.5) is 5.00 Å².